The lowest BCUT2D eigenvalue weighted by molar-refractivity contribution is 0.121. The molecule has 0 spiro atoms. The zero-order chi connectivity index (χ0) is 14.5. The van der Waals surface area contributed by atoms with Crippen LogP contribution in [0.15, 0.2) is 30.3 Å². The predicted molar refractivity (Wildman–Crippen MR) is 84.7 cm³/mol. The monoisotopic (exact) mass is 304 g/mol. The van der Waals surface area contributed by atoms with Gasteiger partial charge in [0, 0.05) is 50.8 Å². The van der Waals surface area contributed by atoms with Crippen LogP contribution in [-0.2, 0) is 13.1 Å². The molecule has 1 aliphatic heterocycles. The number of nitrogen functional groups attached to an aromatic ring is 1. The highest BCUT2D eigenvalue weighted by Gasteiger charge is 2.19. The minimum absolute atomic E-state index is 0.815. The normalized spacial score (nSPS) is 17.0. The summed E-state index contributed by atoms with van der Waals surface area (Å²) in [4.78, 5) is 4.90. The number of hydrogen-bond donors (Lipinski definition) is 2. The summed E-state index contributed by atoms with van der Waals surface area (Å²) in [6.45, 7) is 6.11. The van der Waals surface area contributed by atoms with Gasteiger partial charge in [0.15, 0.2) is 0 Å². The average Bonchev–Trinajstić information content (AvgIpc) is 2.97. The standard InChI is InChI=1S/C14H20N6S/c15-16-14-13(17-18-21-14)11-20-8-6-19(7-9-20)10-12-4-2-1-3-5-12/h1-5,16H,6-11,15H2. The van der Waals surface area contributed by atoms with Crippen molar-refractivity contribution < 1.29 is 0 Å². The molecule has 2 aromatic rings. The van der Waals surface area contributed by atoms with Crippen molar-refractivity contribution >= 4 is 16.5 Å². The van der Waals surface area contributed by atoms with E-state index >= 15 is 0 Å². The van der Waals surface area contributed by atoms with Crippen LogP contribution in [0.25, 0.3) is 0 Å². The molecule has 0 unspecified atom stereocenters. The molecule has 112 valence electrons. The third-order valence-electron chi connectivity index (χ3n) is 3.77. The van der Waals surface area contributed by atoms with E-state index in [0.29, 0.717) is 0 Å². The summed E-state index contributed by atoms with van der Waals surface area (Å²) >= 11 is 1.31. The second-order valence-electron chi connectivity index (χ2n) is 5.23. The molecule has 1 aliphatic rings. The van der Waals surface area contributed by atoms with Crippen LogP contribution in [0.3, 0.4) is 0 Å². The summed E-state index contributed by atoms with van der Waals surface area (Å²) in [5.41, 5.74) is 4.99. The number of nitrogens with zero attached hydrogens (tertiary/aromatic N) is 4. The fourth-order valence-corrected chi connectivity index (χ4v) is 3.07. The molecule has 2 heterocycles. The fraction of sp³-hybridized carbons (Fsp3) is 0.429. The van der Waals surface area contributed by atoms with Crippen LogP contribution in [0.4, 0.5) is 5.00 Å². The average molecular weight is 304 g/mol. The highest BCUT2D eigenvalue weighted by Crippen LogP contribution is 2.18. The molecule has 3 N–H and O–H groups in total. The van der Waals surface area contributed by atoms with E-state index in [4.69, 9.17) is 5.84 Å². The van der Waals surface area contributed by atoms with Gasteiger partial charge in [0.05, 0.1) is 0 Å². The SMILES string of the molecule is NNc1snnc1CN1CCN(Cc2ccccc2)CC1. The van der Waals surface area contributed by atoms with E-state index < -0.39 is 0 Å². The highest BCUT2D eigenvalue weighted by molar-refractivity contribution is 7.10. The smallest absolute Gasteiger partial charge is 0.148 e. The highest BCUT2D eigenvalue weighted by atomic mass is 32.1. The van der Waals surface area contributed by atoms with Crippen molar-refractivity contribution in [3.63, 3.8) is 0 Å². The van der Waals surface area contributed by atoms with E-state index in [1.165, 1.54) is 17.1 Å². The van der Waals surface area contributed by atoms with E-state index in [1.54, 1.807) is 0 Å². The van der Waals surface area contributed by atoms with Crippen LogP contribution in [0.1, 0.15) is 11.3 Å². The third-order valence-corrected chi connectivity index (χ3v) is 4.47. The van der Waals surface area contributed by atoms with Gasteiger partial charge in [-0.15, -0.1) is 5.10 Å². The third kappa shape index (κ3) is 3.76. The molecule has 0 saturated carbocycles. The molecule has 21 heavy (non-hydrogen) atoms. The van der Waals surface area contributed by atoms with Gasteiger partial charge in [-0.1, -0.05) is 34.8 Å². The molecule has 0 bridgehead atoms. The van der Waals surface area contributed by atoms with Crippen molar-refractivity contribution in [2.75, 3.05) is 31.6 Å². The molecule has 1 saturated heterocycles. The van der Waals surface area contributed by atoms with Crippen molar-refractivity contribution in [1.82, 2.24) is 19.4 Å². The summed E-state index contributed by atoms with van der Waals surface area (Å²) in [6.07, 6.45) is 0. The summed E-state index contributed by atoms with van der Waals surface area (Å²) in [5, 5.41) is 5.00. The van der Waals surface area contributed by atoms with Gasteiger partial charge in [-0.3, -0.25) is 9.80 Å². The van der Waals surface area contributed by atoms with Gasteiger partial charge in [0.2, 0.25) is 0 Å². The van der Waals surface area contributed by atoms with Crippen LogP contribution >= 0.6 is 11.5 Å². The first-order valence-corrected chi connectivity index (χ1v) is 7.89. The van der Waals surface area contributed by atoms with E-state index in [-0.39, 0.29) is 0 Å². The van der Waals surface area contributed by atoms with Gasteiger partial charge in [0.25, 0.3) is 0 Å². The van der Waals surface area contributed by atoms with Crippen LogP contribution in [0.5, 0.6) is 0 Å². The molecule has 7 heteroatoms. The number of hydrogen-bond acceptors (Lipinski definition) is 7. The number of anilines is 1. The molecule has 0 radical (unpaired) electrons. The molecular weight excluding hydrogens is 284 g/mol. The zero-order valence-corrected chi connectivity index (χ0v) is 12.7. The Kier molecular flexibility index (Phi) is 4.76. The lowest BCUT2D eigenvalue weighted by Gasteiger charge is -2.34. The maximum Gasteiger partial charge on any atom is 0.148 e. The molecule has 1 fully saturated rings. The predicted octanol–water partition coefficient (Wildman–Crippen LogP) is 1.14. The largest absolute Gasteiger partial charge is 0.313 e. The molecule has 0 aliphatic carbocycles. The molecule has 0 amide bonds. The number of hydrazine groups is 1. The Hall–Kier alpha value is -1.54. The van der Waals surface area contributed by atoms with E-state index in [9.17, 15) is 0 Å². The zero-order valence-electron chi connectivity index (χ0n) is 11.9. The first-order valence-electron chi connectivity index (χ1n) is 7.11. The number of rotatable bonds is 5. The van der Waals surface area contributed by atoms with Crippen LogP contribution in [0.2, 0.25) is 0 Å². The number of nitrogens with one attached hydrogen (secondary N) is 1. The lowest BCUT2D eigenvalue weighted by atomic mass is 10.2. The summed E-state index contributed by atoms with van der Waals surface area (Å²) in [5.74, 6) is 5.46. The molecule has 1 aromatic heterocycles. The first kappa shape index (κ1) is 14.4. The van der Waals surface area contributed by atoms with Crippen molar-refractivity contribution in [3.8, 4) is 0 Å². The second-order valence-corrected chi connectivity index (χ2v) is 5.99. The maximum absolute atomic E-state index is 5.46. The summed E-state index contributed by atoms with van der Waals surface area (Å²) in [7, 11) is 0. The second kappa shape index (κ2) is 6.95. The van der Waals surface area contributed by atoms with Gasteiger partial charge in [-0.2, -0.15) is 0 Å². The Bertz CT molecular complexity index is 550. The minimum Gasteiger partial charge on any atom is -0.313 e. The van der Waals surface area contributed by atoms with Crippen molar-refractivity contribution in [1.29, 1.82) is 0 Å². The Morgan fingerprint density at radius 2 is 1.71 bits per heavy atom. The minimum atomic E-state index is 0.815. The summed E-state index contributed by atoms with van der Waals surface area (Å²) < 4.78 is 3.94. The molecule has 1 aromatic carbocycles. The molecule has 6 nitrogen and oxygen atoms in total. The van der Waals surface area contributed by atoms with Gasteiger partial charge in [-0.05, 0) is 5.56 Å². The number of piperazine rings is 1. The first-order chi connectivity index (χ1) is 10.3. The molecular formula is C14H20N6S. The van der Waals surface area contributed by atoms with E-state index in [2.05, 4.69) is 55.1 Å². The van der Waals surface area contributed by atoms with Crippen LogP contribution in [0, 0.1) is 0 Å². The number of aromatic nitrogens is 2. The Morgan fingerprint density at radius 1 is 1.05 bits per heavy atom. The Labute approximate surface area is 128 Å². The van der Waals surface area contributed by atoms with Crippen molar-refractivity contribution in [2.24, 2.45) is 5.84 Å². The van der Waals surface area contributed by atoms with Crippen molar-refractivity contribution in [2.45, 2.75) is 13.1 Å². The molecule has 0 atom stereocenters. The topological polar surface area (TPSA) is 70.3 Å². The Morgan fingerprint density at radius 3 is 2.38 bits per heavy atom. The van der Waals surface area contributed by atoms with Crippen LogP contribution < -0.4 is 11.3 Å². The number of nitrogens with two attached hydrogens (primary N) is 1. The van der Waals surface area contributed by atoms with Crippen LogP contribution in [-0.4, -0.2) is 45.6 Å². The maximum atomic E-state index is 5.46. The molecule has 3 rings (SSSR count). The van der Waals surface area contributed by atoms with Gasteiger partial charge in [0.1, 0.15) is 10.7 Å². The van der Waals surface area contributed by atoms with Gasteiger partial charge < -0.3 is 5.43 Å². The summed E-state index contributed by atoms with van der Waals surface area (Å²) in [6, 6.07) is 10.6. The van der Waals surface area contributed by atoms with Gasteiger partial charge >= 0.3 is 0 Å². The van der Waals surface area contributed by atoms with Crippen molar-refractivity contribution in [3.05, 3.63) is 41.6 Å². The van der Waals surface area contributed by atoms with Gasteiger partial charge in [-0.25, -0.2) is 5.84 Å². The lowest BCUT2D eigenvalue weighted by Crippen LogP contribution is -2.45. The van der Waals surface area contributed by atoms with E-state index in [0.717, 1.165) is 50.0 Å². The van der Waals surface area contributed by atoms with E-state index in [1.807, 2.05) is 0 Å². The Balaban J connectivity index is 1.49. The fourth-order valence-electron chi connectivity index (χ4n) is 2.58. The quantitative estimate of drug-likeness (QED) is 0.638. The number of benzene rings is 1.